The molecule has 0 saturated carbocycles. The second-order valence-corrected chi connectivity index (χ2v) is 5.24. The minimum atomic E-state index is -0.853. The van der Waals surface area contributed by atoms with Crippen LogP contribution in [0.15, 0.2) is 23.1 Å². The fraction of sp³-hybridized carbons (Fsp3) is 0.444. The predicted octanol–water partition coefficient (Wildman–Crippen LogP) is 2.32. The fourth-order valence-corrected chi connectivity index (χ4v) is 1.62. The van der Waals surface area contributed by atoms with Crippen molar-refractivity contribution in [2.75, 3.05) is 0 Å². The first kappa shape index (κ1) is 9.71. The molecule has 0 aromatic carbocycles. The minimum Gasteiger partial charge on any atom is -0.332 e. The van der Waals surface area contributed by atoms with E-state index in [9.17, 15) is 4.55 Å². The highest BCUT2D eigenvalue weighted by molar-refractivity contribution is 8.13. The molecule has 1 rings (SSSR count). The van der Waals surface area contributed by atoms with E-state index in [2.05, 4.69) is 20.8 Å². The first-order valence-electron chi connectivity index (χ1n) is 3.86. The highest BCUT2D eigenvalue weighted by atomic mass is 32.2. The summed E-state index contributed by atoms with van der Waals surface area (Å²) in [7, 11) is -0.853. The molecular formula is C9H15NOS. The van der Waals surface area contributed by atoms with E-state index in [4.69, 9.17) is 5.73 Å². The van der Waals surface area contributed by atoms with E-state index in [1.807, 2.05) is 12.2 Å². The summed E-state index contributed by atoms with van der Waals surface area (Å²) in [6, 6.07) is 0. The van der Waals surface area contributed by atoms with Gasteiger partial charge in [0.25, 0.3) is 0 Å². The van der Waals surface area contributed by atoms with Crippen molar-refractivity contribution in [2.45, 2.75) is 20.8 Å². The smallest absolute Gasteiger partial charge is 0.0656 e. The lowest BCUT2D eigenvalue weighted by Crippen LogP contribution is -2.16. The third-order valence-electron chi connectivity index (χ3n) is 1.78. The van der Waals surface area contributed by atoms with Gasteiger partial charge in [0.05, 0.1) is 4.99 Å². The Bertz CT molecular complexity index is 281. The molecule has 0 fully saturated rings. The van der Waals surface area contributed by atoms with Crippen molar-refractivity contribution in [1.82, 2.24) is 0 Å². The zero-order valence-corrected chi connectivity index (χ0v) is 8.48. The highest BCUT2D eigenvalue weighted by Crippen LogP contribution is 2.30. The summed E-state index contributed by atoms with van der Waals surface area (Å²) in [4.78, 5) is 0.558. The number of hydrogen-bond acceptors (Lipinski definition) is 2. The second kappa shape index (κ2) is 3.17. The van der Waals surface area contributed by atoms with E-state index in [1.165, 1.54) is 0 Å². The van der Waals surface area contributed by atoms with Gasteiger partial charge in [-0.3, -0.25) is 5.73 Å². The monoisotopic (exact) mass is 185 g/mol. The number of allylic oxidation sites excluding steroid dienone is 2. The quantitative estimate of drug-likeness (QED) is 0.569. The standard InChI is InChI=1S/C9H15NOS/c1-9(2,3)7-4-5-12(11)8(10)6-7/h4-6,11H,10H2,1-3H3. The van der Waals surface area contributed by atoms with Crippen molar-refractivity contribution in [3.05, 3.63) is 23.1 Å². The van der Waals surface area contributed by atoms with E-state index < -0.39 is 10.8 Å². The molecule has 68 valence electrons. The summed E-state index contributed by atoms with van der Waals surface area (Å²) in [6.07, 6.45) is 3.81. The molecule has 0 spiro atoms. The highest BCUT2D eigenvalue weighted by Gasteiger charge is 2.16. The molecule has 0 bridgehead atoms. The molecule has 0 amide bonds. The van der Waals surface area contributed by atoms with Gasteiger partial charge in [0.15, 0.2) is 0 Å². The van der Waals surface area contributed by atoms with Crippen molar-refractivity contribution < 1.29 is 4.55 Å². The van der Waals surface area contributed by atoms with Crippen LogP contribution in [0, 0.1) is 5.41 Å². The van der Waals surface area contributed by atoms with Crippen molar-refractivity contribution in [3.8, 4) is 0 Å². The van der Waals surface area contributed by atoms with E-state index in [-0.39, 0.29) is 5.41 Å². The van der Waals surface area contributed by atoms with Crippen LogP contribution < -0.4 is 5.73 Å². The zero-order valence-electron chi connectivity index (χ0n) is 7.66. The molecule has 2 nitrogen and oxygen atoms in total. The molecule has 1 aliphatic heterocycles. The number of rotatable bonds is 0. The van der Waals surface area contributed by atoms with Crippen LogP contribution in [0.4, 0.5) is 0 Å². The summed E-state index contributed by atoms with van der Waals surface area (Å²) < 4.78 is 9.30. The lowest BCUT2D eigenvalue weighted by atomic mass is 9.86. The normalized spacial score (nSPS) is 24.2. The maximum absolute atomic E-state index is 9.30. The Morgan fingerprint density at radius 2 is 2.00 bits per heavy atom. The summed E-state index contributed by atoms with van der Waals surface area (Å²) >= 11 is 0. The Morgan fingerprint density at radius 1 is 1.42 bits per heavy atom. The first-order chi connectivity index (χ1) is 5.41. The van der Waals surface area contributed by atoms with Crippen LogP contribution in [0.1, 0.15) is 20.8 Å². The Kier molecular flexibility index (Phi) is 2.56. The van der Waals surface area contributed by atoms with E-state index in [1.54, 1.807) is 5.41 Å². The van der Waals surface area contributed by atoms with Crippen molar-refractivity contribution in [3.63, 3.8) is 0 Å². The summed E-state index contributed by atoms with van der Waals surface area (Å²) in [5, 5.41) is 1.75. The molecule has 1 heterocycles. The van der Waals surface area contributed by atoms with Gasteiger partial charge >= 0.3 is 0 Å². The largest absolute Gasteiger partial charge is 0.332 e. The Labute approximate surface area is 75.9 Å². The molecule has 1 aliphatic rings. The second-order valence-electron chi connectivity index (χ2n) is 3.87. The molecule has 0 aromatic rings. The molecule has 0 aromatic heterocycles. The number of nitrogens with two attached hydrogens (primary N) is 1. The molecule has 12 heavy (non-hydrogen) atoms. The molecule has 0 aliphatic carbocycles. The lowest BCUT2D eigenvalue weighted by molar-refractivity contribution is 0.517. The summed E-state index contributed by atoms with van der Waals surface area (Å²) in [6.45, 7) is 6.37. The average Bonchev–Trinajstić information content (AvgIpc) is 1.92. The van der Waals surface area contributed by atoms with Gasteiger partial charge in [-0.05, 0) is 33.2 Å². The summed E-state index contributed by atoms with van der Waals surface area (Å²) in [5.41, 5.74) is 6.88. The molecular weight excluding hydrogens is 170 g/mol. The van der Waals surface area contributed by atoms with Gasteiger partial charge in [-0.2, -0.15) is 0 Å². The Balaban J connectivity index is 3.02. The molecule has 3 heteroatoms. The van der Waals surface area contributed by atoms with Gasteiger partial charge in [-0.15, -0.1) is 0 Å². The van der Waals surface area contributed by atoms with Crippen LogP contribution in [0.5, 0.6) is 0 Å². The lowest BCUT2D eigenvalue weighted by Gasteiger charge is -2.22. The zero-order chi connectivity index (χ0) is 9.35. The van der Waals surface area contributed by atoms with Crippen LogP contribution >= 0.6 is 10.8 Å². The fourth-order valence-electron chi connectivity index (χ4n) is 0.945. The van der Waals surface area contributed by atoms with Gasteiger partial charge in [0, 0.05) is 0 Å². The van der Waals surface area contributed by atoms with Crippen molar-refractivity contribution in [1.29, 1.82) is 0 Å². The van der Waals surface area contributed by atoms with E-state index in [0.29, 0.717) is 4.99 Å². The van der Waals surface area contributed by atoms with Crippen LogP contribution in [0.25, 0.3) is 0 Å². The molecule has 0 radical (unpaired) electrons. The SMILES string of the molecule is CC(C)(C)C1=CC(N)=S(O)C=C1. The van der Waals surface area contributed by atoms with Gasteiger partial charge < -0.3 is 4.55 Å². The average molecular weight is 185 g/mol. The van der Waals surface area contributed by atoms with Gasteiger partial charge in [0.1, 0.15) is 0 Å². The van der Waals surface area contributed by atoms with Crippen LogP contribution in [-0.4, -0.2) is 9.54 Å². The van der Waals surface area contributed by atoms with Gasteiger partial charge in [-0.1, -0.05) is 26.8 Å². The third kappa shape index (κ3) is 2.06. The molecule has 1 unspecified atom stereocenters. The van der Waals surface area contributed by atoms with E-state index >= 15 is 0 Å². The van der Waals surface area contributed by atoms with Crippen LogP contribution in [-0.2, 0) is 0 Å². The third-order valence-corrected chi connectivity index (χ3v) is 2.78. The maximum atomic E-state index is 9.30. The van der Waals surface area contributed by atoms with Crippen molar-refractivity contribution >= 4 is 15.8 Å². The maximum Gasteiger partial charge on any atom is 0.0656 e. The number of hydrogen-bond donors (Lipinski definition) is 2. The topological polar surface area (TPSA) is 46.2 Å². The van der Waals surface area contributed by atoms with Gasteiger partial charge in [-0.25, -0.2) is 0 Å². The minimum absolute atomic E-state index is 0.103. The van der Waals surface area contributed by atoms with E-state index in [0.717, 1.165) is 5.57 Å². The van der Waals surface area contributed by atoms with Crippen molar-refractivity contribution in [2.24, 2.45) is 11.1 Å². The first-order valence-corrected chi connectivity index (χ1v) is 5.11. The summed E-state index contributed by atoms with van der Waals surface area (Å²) in [5.74, 6) is 0. The van der Waals surface area contributed by atoms with Crippen LogP contribution in [0.2, 0.25) is 0 Å². The molecule has 3 N–H and O–H groups in total. The Hall–Kier alpha value is -0.380. The molecule has 1 atom stereocenters. The van der Waals surface area contributed by atoms with Gasteiger partial charge in [0.2, 0.25) is 0 Å². The molecule has 0 saturated heterocycles. The Morgan fingerprint density at radius 3 is 2.42 bits per heavy atom. The predicted molar refractivity (Wildman–Crippen MR) is 56.1 cm³/mol. The van der Waals surface area contributed by atoms with Crippen LogP contribution in [0.3, 0.4) is 0 Å².